The minimum atomic E-state index is -1.03. The third-order valence-electron chi connectivity index (χ3n) is 1.86. The Morgan fingerprint density at radius 1 is 1.43 bits per heavy atom. The Hall–Kier alpha value is 0.745. The van der Waals surface area contributed by atoms with Crippen LogP contribution < -0.4 is 0 Å². The van der Waals surface area contributed by atoms with Crippen LogP contribution in [-0.4, -0.2) is 47.5 Å². The van der Waals surface area contributed by atoms with Gasteiger partial charge in [-0.2, -0.15) is 0 Å². The molecule has 0 amide bonds. The average Bonchev–Trinajstić information content (AvgIpc) is 2.41. The molecule has 78 valence electrons. The van der Waals surface area contributed by atoms with Crippen molar-refractivity contribution in [2.45, 2.75) is 24.3 Å². The van der Waals surface area contributed by atoms with Gasteiger partial charge in [-0.1, -0.05) is 0 Å². The minimum Gasteiger partial charge on any atom is -0.506 e. The topological polar surface area (TPSA) is 79.2 Å². The highest BCUT2D eigenvalue weighted by Gasteiger charge is 2.44. The molecule has 1 fully saturated rings. The fourth-order valence-electron chi connectivity index (χ4n) is 1.13. The number of rotatable bonds is 2. The second-order valence-corrected chi connectivity index (χ2v) is 4.27. The van der Waals surface area contributed by atoms with Crippen LogP contribution >= 0.6 is 45.6 Å². The van der Waals surface area contributed by atoms with Gasteiger partial charge in [-0.25, -0.2) is 0 Å². The van der Waals surface area contributed by atoms with Gasteiger partial charge in [0.25, 0.3) is 0 Å². The highest BCUT2D eigenvalue weighted by atomic mass is 127. The zero-order chi connectivity index (χ0) is 10.9. The van der Waals surface area contributed by atoms with Crippen molar-refractivity contribution in [1.82, 2.24) is 0 Å². The van der Waals surface area contributed by atoms with Crippen LogP contribution in [-0.2, 0) is 7.80 Å². The molecule has 1 saturated heterocycles. The van der Waals surface area contributed by atoms with E-state index in [1.807, 2.05) is 0 Å². The van der Waals surface area contributed by atoms with E-state index in [-0.39, 0.29) is 9.53 Å². The van der Waals surface area contributed by atoms with Gasteiger partial charge in [0.05, 0.1) is 0 Å². The van der Waals surface area contributed by atoms with Gasteiger partial charge in [-0.15, -0.1) is 0 Å². The van der Waals surface area contributed by atoms with E-state index in [9.17, 15) is 10.2 Å². The van der Waals surface area contributed by atoms with Crippen molar-refractivity contribution in [3.63, 3.8) is 0 Å². The van der Waals surface area contributed by atoms with Crippen molar-refractivity contribution in [3.8, 4) is 0 Å². The van der Waals surface area contributed by atoms with Crippen molar-refractivity contribution in [3.05, 3.63) is 9.53 Å². The molecule has 4 atom stereocenters. The van der Waals surface area contributed by atoms with Gasteiger partial charge in [-0.05, 0) is 0 Å². The van der Waals surface area contributed by atoms with E-state index < -0.39 is 24.3 Å². The summed E-state index contributed by atoms with van der Waals surface area (Å²) >= 11 is 3.10. The monoisotopic (exact) mass is 424 g/mol. The quantitative estimate of drug-likeness (QED) is 0.346. The van der Waals surface area contributed by atoms with Crippen LogP contribution in [0.5, 0.6) is 0 Å². The van der Waals surface area contributed by atoms with Crippen molar-refractivity contribution in [2.24, 2.45) is 0 Å². The second kappa shape index (κ2) is 5.19. The summed E-state index contributed by atoms with van der Waals surface area (Å²) in [5.74, 6) is -0.390. The normalized spacial score (nSPS) is 39.6. The Kier molecular flexibility index (Phi) is 4.75. The molecule has 0 bridgehead atoms. The molecule has 1 aliphatic rings. The molecule has 0 aromatic carbocycles. The van der Waals surface area contributed by atoms with Crippen LogP contribution in [0.4, 0.5) is 0 Å². The Labute approximate surface area is 110 Å². The van der Waals surface area contributed by atoms with E-state index >= 15 is 0 Å². The minimum absolute atomic E-state index is 0.313. The molecule has 5 nitrogen and oxygen atoms in total. The molecule has 0 saturated carbocycles. The molecule has 0 aromatic rings. The highest BCUT2D eigenvalue weighted by molar-refractivity contribution is 14.1. The number of halogens is 2. The number of ether oxygens (including phenoxy) is 1. The average molecular weight is 424 g/mol. The Morgan fingerprint density at radius 3 is 2.43 bits per heavy atom. The van der Waals surface area contributed by atoms with Crippen molar-refractivity contribution in [1.29, 1.82) is 0 Å². The van der Waals surface area contributed by atoms with E-state index in [0.717, 1.165) is 0 Å². The lowest BCUT2D eigenvalue weighted by atomic mass is 9.93. The van der Waals surface area contributed by atoms with Crippen LogP contribution in [0.1, 0.15) is 0 Å². The maximum atomic E-state index is 9.46. The molecular formula is C6H7BI2O5. The fraction of sp³-hybridized carbons (Fsp3) is 0.667. The lowest BCUT2D eigenvalue weighted by Crippen LogP contribution is -2.34. The second-order valence-electron chi connectivity index (χ2n) is 2.74. The molecule has 2 radical (unpaired) electrons. The van der Waals surface area contributed by atoms with Gasteiger partial charge >= 0.3 is 0 Å². The summed E-state index contributed by atoms with van der Waals surface area (Å²) in [4.78, 5) is 0. The first-order valence-corrected chi connectivity index (χ1v) is 5.59. The van der Waals surface area contributed by atoms with Crippen molar-refractivity contribution < 1.29 is 23.1 Å². The predicted octanol–water partition coefficient (Wildman–Crippen LogP) is 0.696. The smallest absolute Gasteiger partial charge is 0.194 e. The van der Waals surface area contributed by atoms with Gasteiger partial charge < -0.3 is 23.1 Å². The van der Waals surface area contributed by atoms with Gasteiger partial charge in [0, 0.05) is 28.6 Å². The summed E-state index contributed by atoms with van der Waals surface area (Å²) in [6.07, 6.45) is -2.76. The van der Waals surface area contributed by atoms with Crippen LogP contribution in [0.25, 0.3) is 0 Å². The summed E-state index contributed by atoms with van der Waals surface area (Å²) in [6, 6.07) is -0.933. The number of hydrogen-bond acceptors (Lipinski definition) is 5. The van der Waals surface area contributed by atoms with Gasteiger partial charge in [0.1, 0.15) is 49.2 Å². The van der Waals surface area contributed by atoms with Gasteiger partial charge in [0.2, 0.25) is 0 Å². The molecule has 0 aliphatic carbocycles. The van der Waals surface area contributed by atoms with E-state index in [4.69, 9.17) is 20.8 Å². The number of aliphatic hydroxyl groups excluding tert-OH is 3. The maximum absolute atomic E-state index is 9.46. The van der Waals surface area contributed by atoms with Crippen molar-refractivity contribution in [2.75, 3.05) is 0 Å². The molecule has 0 unspecified atom stereocenters. The van der Waals surface area contributed by atoms with Gasteiger partial charge in [-0.3, -0.25) is 0 Å². The SMILES string of the molecule is [B][C@@H]1O[C@H](/C(O)=C(\O)I)[C@@H](OI)[C@H]1O. The summed E-state index contributed by atoms with van der Waals surface area (Å²) in [7, 11) is 5.40. The molecule has 1 aliphatic heterocycles. The van der Waals surface area contributed by atoms with Gasteiger partial charge in [0.15, 0.2) is 9.53 Å². The zero-order valence-electron chi connectivity index (χ0n) is 6.80. The van der Waals surface area contributed by atoms with E-state index in [2.05, 4.69) is 0 Å². The summed E-state index contributed by atoms with van der Waals surface area (Å²) in [5.41, 5.74) is 0. The number of hydrogen-bond donors (Lipinski definition) is 3. The first-order chi connectivity index (χ1) is 6.49. The lowest BCUT2D eigenvalue weighted by Gasteiger charge is -2.16. The molecule has 0 aromatic heterocycles. The van der Waals surface area contributed by atoms with E-state index in [1.165, 1.54) is 22.6 Å². The Bertz CT molecular complexity index is 244. The number of aliphatic hydroxyl groups is 3. The standard InChI is InChI=1S/C6H7BI2O5/c7-5-1(10)4(14-9)3(13-5)2(11)6(8)12/h1,3-5,10-12H/b6-2+/t1-,3-,4+,5-/m1/s1. The summed E-state index contributed by atoms with van der Waals surface area (Å²) in [5, 5.41) is 27.9. The molecule has 0 spiro atoms. The molecule has 14 heavy (non-hydrogen) atoms. The summed E-state index contributed by atoms with van der Waals surface area (Å²) in [6.45, 7) is 0. The summed E-state index contributed by atoms with van der Waals surface area (Å²) < 4.78 is 9.60. The largest absolute Gasteiger partial charge is 0.506 e. The molecule has 1 heterocycles. The van der Waals surface area contributed by atoms with E-state index in [0.29, 0.717) is 0 Å². The Balaban J connectivity index is 2.85. The van der Waals surface area contributed by atoms with Crippen LogP contribution in [0, 0.1) is 0 Å². The molecule has 3 N–H and O–H groups in total. The molecule has 8 heteroatoms. The first kappa shape index (κ1) is 12.8. The predicted molar refractivity (Wildman–Crippen MR) is 65.6 cm³/mol. The van der Waals surface area contributed by atoms with Crippen LogP contribution in [0.2, 0.25) is 0 Å². The molecular weight excluding hydrogens is 417 g/mol. The van der Waals surface area contributed by atoms with E-state index in [1.54, 1.807) is 23.0 Å². The van der Waals surface area contributed by atoms with Crippen molar-refractivity contribution >= 4 is 53.4 Å². The Morgan fingerprint density at radius 2 is 2.00 bits per heavy atom. The van der Waals surface area contributed by atoms with Crippen LogP contribution in [0.3, 0.4) is 0 Å². The first-order valence-electron chi connectivity index (χ1n) is 3.63. The van der Waals surface area contributed by atoms with Crippen LogP contribution in [0.15, 0.2) is 9.53 Å². The fourth-order valence-corrected chi connectivity index (χ4v) is 2.00. The zero-order valence-corrected chi connectivity index (χ0v) is 11.1. The third-order valence-corrected chi connectivity index (χ3v) is 3.00. The third kappa shape index (κ3) is 2.46. The molecule has 1 rings (SSSR count). The maximum Gasteiger partial charge on any atom is 0.194 e. The lowest BCUT2D eigenvalue weighted by molar-refractivity contribution is 0.0471. The highest BCUT2D eigenvalue weighted by Crippen LogP contribution is 2.29.